The van der Waals surface area contributed by atoms with Crippen LogP contribution in [0.5, 0.6) is 5.75 Å². The number of hydrogen-bond donors (Lipinski definition) is 0. The number of nitro groups is 1. The molecule has 0 aliphatic heterocycles. The van der Waals surface area contributed by atoms with Crippen molar-refractivity contribution in [1.29, 1.82) is 0 Å². The lowest BCUT2D eigenvalue weighted by Crippen LogP contribution is -1.98. The number of nitro benzene ring substituents is 1. The Kier molecular flexibility index (Phi) is 4.96. The summed E-state index contributed by atoms with van der Waals surface area (Å²) in [6.45, 7) is 4.66. The molecule has 0 spiro atoms. The lowest BCUT2D eigenvalue weighted by molar-refractivity contribution is -0.385. The highest BCUT2D eigenvalue weighted by Crippen LogP contribution is 2.30. The largest absolute Gasteiger partial charge is 0.487 e. The van der Waals surface area contributed by atoms with Gasteiger partial charge < -0.3 is 4.74 Å². The van der Waals surface area contributed by atoms with E-state index in [0.29, 0.717) is 22.7 Å². The van der Waals surface area contributed by atoms with E-state index >= 15 is 0 Å². The van der Waals surface area contributed by atoms with Crippen molar-refractivity contribution in [2.75, 3.05) is 0 Å². The Hall–Kier alpha value is -1.88. The van der Waals surface area contributed by atoms with E-state index in [1.54, 1.807) is 6.07 Å². The highest BCUT2D eigenvalue weighted by Gasteiger charge is 2.10. The Morgan fingerprint density at radius 1 is 1.19 bits per heavy atom. The van der Waals surface area contributed by atoms with Crippen LogP contribution < -0.4 is 4.74 Å². The SMILES string of the molecule is CC(C)c1ccc(COc2cc([N+](=O)[O-])ccc2Br)cc1. The van der Waals surface area contributed by atoms with Gasteiger partial charge in [-0.1, -0.05) is 38.1 Å². The minimum atomic E-state index is -0.434. The molecule has 5 heteroatoms. The second-order valence-corrected chi connectivity index (χ2v) is 5.91. The molecule has 0 saturated heterocycles. The van der Waals surface area contributed by atoms with Crippen LogP contribution in [0, 0.1) is 10.1 Å². The van der Waals surface area contributed by atoms with Crippen LogP contribution in [0.2, 0.25) is 0 Å². The summed E-state index contributed by atoms with van der Waals surface area (Å²) in [5.41, 5.74) is 2.32. The second kappa shape index (κ2) is 6.72. The molecule has 0 fully saturated rings. The monoisotopic (exact) mass is 349 g/mol. The van der Waals surface area contributed by atoms with Crippen molar-refractivity contribution < 1.29 is 9.66 Å². The summed E-state index contributed by atoms with van der Waals surface area (Å²) in [6.07, 6.45) is 0. The summed E-state index contributed by atoms with van der Waals surface area (Å²) < 4.78 is 6.36. The van der Waals surface area contributed by atoms with Crippen LogP contribution in [0.3, 0.4) is 0 Å². The van der Waals surface area contributed by atoms with Crippen LogP contribution in [-0.4, -0.2) is 4.92 Å². The average molecular weight is 350 g/mol. The molecular formula is C16H16BrNO3. The van der Waals surface area contributed by atoms with Crippen molar-refractivity contribution in [1.82, 2.24) is 0 Å². The maximum Gasteiger partial charge on any atom is 0.273 e. The lowest BCUT2D eigenvalue weighted by Gasteiger charge is -2.10. The minimum Gasteiger partial charge on any atom is -0.487 e. The molecule has 110 valence electrons. The highest BCUT2D eigenvalue weighted by atomic mass is 79.9. The van der Waals surface area contributed by atoms with E-state index in [1.807, 2.05) is 12.1 Å². The molecule has 21 heavy (non-hydrogen) atoms. The van der Waals surface area contributed by atoms with Crippen LogP contribution >= 0.6 is 15.9 Å². The standard InChI is InChI=1S/C16H16BrNO3/c1-11(2)13-5-3-12(4-6-13)10-21-16-9-14(18(19)20)7-8-15(16)17/h3-9,11H,10H2,1-2H3. The van der Waals surface area contributed by atoms with Gasteiger partial charge in [-0.2, -0.15) is 0 Å². The third-order valence-corrected chi connectivity index (χ3v) is 3.82. The van der Waals surface area contributed by atoms with E-state index in [-0.39, 0.29) is 5.69 Å². The molecule has 0 bridgehead atoms. The molecule has 0 heterocycles. The Bertz CT molecular complexity index is 638. The van der Waals surface area contributed by atoms with Gasteiger partial charge in [-0.3, -0.25) is 10.1 Å². The Balaban J connectivity index is 2.09. The Morgan fingerprint density at radius 2 is 1.86 bits per heavy atom. The molecule has 0 atom stereocenters. The van der Waals surface area contributed by atoms with Crippen LogP contribution in [0.1, 0.15) is 30.9 Å². The summed E-state index contributed by atoms with van der Waals surface area (Å²) >= 11 is 3.34. The molecule has 0 aliphatic rings. The molecule has 2 aromatic carbocycles. The maximum atomic E-state index is 10.8. The first-order valence-electron chi connectivity index (χ1n) is 6.63. The highest BCUT2D eigenvalue weighted by molar-refractivity contribution is 9.10. The molecule has 0 amide bonds. The van der Waals surface area contributed by atoms with E-state index in [1.165, 1.54) is 17.7 Å². The normalized spacial score (nSPS) is 10.7. The third-order valence-electron chi connectivity index (χ3n) is 3.17. The van der Waals surface area contributed by atoms with Gasteiger partial charge in [-0.25, -0.2) is 0 Å². The summed E-state index contributed by atoms with van der Waals surface area (Å²) in [6, 6.07) is 12.7. The van der Waals surface area contributed by atoms with Gasteiger partial charge >= 0.3 is 0 Å². The molecule has 2 rings (SSSR count). The first kappa shape index (κ1) is 15.5. The number of benzene rings is 2. The van der Waals surface area contributed by atoms with Gasteiger partial charge in [0.2, 0.25) is 0 Å². The van der Waals surface area contributed by atoms with Crippen molar-refractivity contribution in [3.8, 4) is 5.75 Å². The molecule has 2 aromatic rings. The van der Waals surface area contributed by atoms with Crippen LogP contribution in [0.25, 0.3) is 0 Å². The molecule has 0 radical (unpaired) electrons. The topological polar surface area (TPSA) is 52.4 Å². The van der Waals surface area contributed by atoms with Gasteiger partial charge in [0, 0.05) is 6.07 Å². The van der Waals surface area contributed by atoms with E-state index in [4.69, 9.17) is 4.74 Å². The number of halogens is 1. The third kappa shape index (κ3) is 4.04. The van der Waals surface area contributed by atoms with Crippen molar-refractivity contribution >= 4 is 21.6 Å². The van der Waals surface area contributed by atoms with E-state index in [2.05, 4.69) is 41.9 Å². The van der Waals surface area contributed by atoms with E-state index in [9.17, 15) is 10.1 Å². The molecular weight excluding hydrogens is 334 g/mol. The van der Waals surface area contributed by atoms with Crippen LogP contribution in [0.4, 0.5) is 5.69 Å². The first-order valence-corrected chi connectivity index (χ1v) is 7.42. The number of ether oxygens (including phenoxy) is 1. The fourth-order valence-corrected chi connectivity index (χ4v) is 2.24. The van der Waals surface area contributed by atoms with Gasteiger partial charge in [-0.05, 0) is 39.0 Å². The molecule has 0 aliphatic carbocycles. The van der Waals surface area contributed by atoms with Crippen molar-refractivity contribution in [2.45, 2.75) is 26.4 Å². The summed E-state index contributed by atoms with van der Waals surface area (Å²) in [5.74, 6) is 0.961. The number of nitrogens with zero attached hydrogens (tertiary/aromatic N) is 1. The van der Waals surface area contributed by atoms with Crippen molar-refractivity contribution in [2.24, 2.45) is 0 Å². The van der Waals surface area contributed by atoms with Gasteiger partial charge in [-0.15, -0.1) is 0 Å². The molecule has 4 nitrogen and oxygen atoms in total. The fourth-order valence-electron chi connectivity index (χ4n) is 1.88. The number of hydrogen-bond acceptors (Lipinski definition) is 3. The first-order chi connectivity index (χ1) is 9.97. The summed E-state index contributed by atoms with van der Waals surface area (Å²) in [4.78, 5) is 10.3. The molecule has 0 aromatic heterocycles. The second-order valence-electron chi connectivity index (χ2n) is 5.06. The zero-order chi connectivity index (χ0) is 15.4. The average Bonchev–Trinajstić information content (AvgIpc) is 2.46. The summed E-state index contributed by atoms with van der Waals surface area (Å²) in [5, 5.41) is 10.8. The Labute approximate surface area is 132 Å². The van der Waals surface area contributed by atoms with E-state index < -0.39 is 4.92 Å². The van der Waals surface area contributed by atoms with Crippen LogP contribution in [0.15, 0.2) is 46.9 Å². The van der Waals surface area contributed by atoms with Gasteiger partial charge in [0.25, 0.3) is 5.69 Å². The number of rotatable bonds is 5. The minimum absolute atomic E-state index is 0.0170. The maximum absolute atomic E-state index is 10.8. The number of non-ortho nitro benzene ring substituents is 1. The molecule has 0 N–H and O–H groups in total. The predicted octanol–water partition coefficient (Wildman–Crippen LogP) is 5.06. The zero-order valence-electron chi connectivity index (χ0n) is 11.9. The van der Waals surface area contributed by atoms with Gasteiger partial charge in [0.1, 0.15) is 12.4 Å². The molecule has 0 unspecified atom stereocenters. The van der Waals surface area contributed by atoms with Crippen LogP contribution in [-0.2, 0) is 6.61 Å². The van der Waals surface area contributed by atoms with Gasteiger partial charge in [0.05, 0.1) is 15.5 Å². The smallest absolute Gasteiger partial charge is 0.273 e. The summed E-state index contributed by atoms with van der Waals surface area (Å²) in [7, 11) is 0. The zero-order valence-corrected chi connectivity index (χ0v) is 13.5. The lowest BCUT2D eigenvalue weighted by atomic mass is 10.0. The van der Waals surface area contributed by atoms with Crippen molar-refractivity contribution in [3.05, 3.63) is 68.2 Å². The fraction of sp³-hybridized carbons (Fsp3) is 0.250. The quantitative estimate of drug-likeness (QED) is 0.559. The van der Waals surface area contributed by atoms with Crippen molar-refractivity contribution in [3.63, 3.8) is 0 Å². The predicted molar refractivity (Wildman–Crippen MR) is 85.7 cm³/mol. The van der Waals surface area contributed by atoms with Gasteiger partial charge in [0.15, 0.2) is 0 Å². The Morgan fingerprint density at radius 3 is 2.43 bits per heavy atom. The van der Waals surface area contributed by atoms with E-state index in [0.717, 1.165) is 5.56 Å². The molecule has 0 saturated carbocycles.